The summed E-state index contributed by atoms with van der Waals surface area (Å²) in [5.74, 6) is -1.03. The lowest BCUT2D eigenvalue weighted by Crippen LogP contribution is -2.13. The van der Waals surface area contributed by atoms with Crippen molar-refractivity contribution in [1.82, 2.24) is 0 Å². The molecule has 0 aliphatic rings. The molecule has 12 heavy (non-hydrogen) atoms. The Morgan fingerprint density at radius 1 is 1.58 bits per heavy atom. The highest BCUT2D eigenvalue weighted by Gasteiger charge is 2.08. The van der Waals surface area contributed by atoms with Gasteiger partial charge in [0.15, 0.2) is 0 Å². The van der Waals surface area contributed by atoms with E-state index in [4.69, 9.17) is 10.5 Å². The number of halogens is 1. The molecule has 0 atom stereocenters. The molecule has 0 fully saturated rings. The normalized spacial score (nSPS) is 9.50. The van der Waals surface area contributed by atoms with Gasteiger partial charge in [-0.1, -0.05) is 0 Å². The minimum absolute atomic E-state index is 0.158. The Labute approximate surface area is 68.9 Å². The average molecular weight is 169 g/mol. The van der Waals surface area contributed by atoms with E-state index in [9.17, 15) is 9.18 Å². The number of primary amides is 1. The van der Waals surface area contributed by atoms with Crippen LogP contribution in [0.5, 0.6) is 5.75 Å². The molecule has 1 amide bonds. The van der Waals surface area contributed by atoms with Crippen molar-refractivity contribution in [3.63, 3.8) is 0 Å². The second-order valence-electron chi connectivity index (χ2n) is 2.21. The molecule has 1 aromatic rings. The molecule has 0 unspecified atom stereocenters. The average Bonchev–Trinajstić information content (AvgIpc) is 2.05. The molecule has 3 nitrogen and oxygen atoms in total. The zero-order valence-corrected chi connectivity index (χ0v) is 6.50. The number of ether oxygens (including phenoxy) is 1. The number of amides is 1. The van der Waals surface area contributed by atoms with Gasteiger partial charge in [0, 0.05) is 0 Å². The van der Waals surface area contributed by atoms with E-state index in [1.807, 2.05) is 0 Å². The number of hydrogen-bond donors (Lipinski definition) is 1. The maximum absolute atomic E-state index is 12.8. The predicted molar refractivity (Wildman–Crippen MR) is 41.5 cm³/mol. The molecule has 0 saturated carbocycles. The first-order valence-electron chi connectivity index (χ1n) is 3.28. The van der Waals surface area contributed by atoms with Crippen LogP contribution in [0.1, 0.15) is 10.4 Å². The van der Waals surface area contributed by atoms with E-state index in [-0.39, 0.29) is 5.56 Å². The van der Waals surface area contributed by atoms with Crippen molar-refractivity contribution >= 4 is 5.91 Å². The monoisotopic (exact) mass is 169 g/mol. The van der Waals surface area contributed by atoms with E-state index in [0.29, 0.717) is 5.75 Å². The number of rotatable bonds is 2. The molecular weight excluding hydrogens is 161 g/mol. The van der Waals surface area contributed by atoms with Crippen LogP contribution in [-0.2, 0) is 0 Å². The maximum Gasteiger partial charge on any atom is 0.251 e. The van der Waals surface area contributed by atoms with Gasteiger partial charge in [-0.05, 0) is 18.2 Å². The topological polar surface area (TPSA) is 52.3 Å². The first-order valence-corrected chi connectivity index (χ1v) is 3.28. The summed E-state index contributed by atoms with van der Waals surface area (Å²) in [4.78, 5) is 10.6. The van der Waals surface area contributed by atoms with Crippen LogP contribution in [0.2, 0.25) is 0 Å². The number of carbonyl (C=O) groups excluding carboxylic acids is 1. The van der Waals surface area contributed by atoms with Crippen molar-refractivity contribution in [3.05, 3.63) is 29.6 Å². The fourth-order valence-electron chi connectivity index (χ4n) is 0.820. The Morgan fingerprint density at radius 3 is 2.75 bits per heavy atom. The van der Waals surface area contributed by atoms with Gasteiger partial charge in [0.05, 0.1) is 12.7 Å². The first-order chi connectivity index (χ1) is 5.65. The third kappa shape index (κ3) is 1.53. The molecule has 0 heterocycles. The van der Waals surface area contributed by atoms with E-state index in [2.05, 4.69) is 0 Å². The Balaban J connectivity index is 3.17. The lowest BCUT2D eigenvalue weighted by molar-refractivity contribution is 0.0996. The predicted octanol–water partition coefficient (Wildman–Crippen LogP) is 0.933. The summed E-state index contributed by atoms with van der Waals surface area (Å²) in [6, 6.07) is 3.82. The standard InChI is InChI=1S/C8H8FNO2/c1-12-5-2-3-7(9)6(4-5)8(10)11/h2-4H,1H3,(H2,10,11). The van der Waals surface area contributed by atoms with Gasteiger partial charge in [-0.25, -0.2) is 4.39 Å². The van der Waals surface area contributed by atoms with Crippen LogP contribution in [0.25, 0.3) is 0 Å². The number of nitrogens with two attached hydrogens (primary N) is 1. The van der Waals surface area contributed by atoms with Gasteiger partial charge in [0.1, 0.15) is 11.6 Å². The maximum atomic E-state index is 12.8. The highest BCUT2D eigenvalue weighted by molar-refractivity contribution is 5.93. The van der Waals surface area contributed by atoms with E-state index >= 15 is 0 Å². The smallest absolute Gasteiger partial charge is 0.251 e. The van der Waals surface area contributed by atoms with E-state index in [1.54, 1.807) is 0 Å². The van der Waals surface area contributed by atoms with Crippen LogP contribution < -0.4 is 10.5 Å². The molecule has 2 N–H and O–H groups in total. The molecule has 0 aliphatic carbocycles. The second kappa shape index (κ2) is 3.21. The summed E-state index contributed by atoms with van der Waals surface area (Å²) in [5, 5.41) is 0. The first kappa shape index (κ1) is 8.52. The fourth-order valence-corrected chi connectivity index (χ4v) is 0.820. The van der Waals surface area contributed by atoms with Crippen LogP contribution in [0.4, 0.5) is 4.39 Å². The van der Waals surface area contributed by atoms with Gasteiger partial charge in [-0.2, -0.15) is 0 Å². The summed E-state index contributed by atoms with van der Waals surface area (Å²) in [7, 11) is 1.43. The van der Waals surface area contributed by atoms with Crippen molar-refractivity contribution in [2.75, 3.05) is 7.11 Å². The molecule has 0 bridgehead atoms. The van der Waals surface area contributed by atoms with Crippen molar-refractivity contribution < 1.29 is 13.9 Å². The van der Waals surface area contributed by atoms with Gasteiger partial charge in [-0.15, -0.1) is 0 Å². The van der Waals surface area contributed by atoms with Crippen LogP contribution in [-0.4, -0.2) is 13.0 Å². The van der Waals surface area contributed by atoms with Crippen LogP contribution in [0.3, 0.4) is 0 Å². The van der Waals surface area contributed by atoms with Crippen LogP contribution in [0.15, 0.2) is 18.2 Å². The van der Waals surface area contributed by atoms with Crippen molar-refractivity contribution in [2.45, 2.75) is 0 Å². The SMILES string of the molecule is COc1ccc(F)c(C(N)=O)c1. The quantitative estimate of drug-likeness (QED) is 0.716. The molecule has 64 valence electrons. The molecule has 0 saturated heterocycles. The summed E-state index contributed by atoms with van der Waals surface area (Å²) >= 11 is 0. The van der Waals surface area contributed by atoms with Crippen LogP contribution in [0, 0.1) is 5.82 Å². The molecule has 4 heteroatoms. The minimum atomic E-state index is -0.800. The summed E-state index contributed by atoms with van der Waals surface area (Å²) in [6.45, 7) is 0. The second-order valence-corrected chi connectivity index (χ2v) is 2.21. The Morgan fingerprint density at radius 2 is 2.25 bits per heavy atom. The minimum Gasteiger partial charge on any atom is -0.497 e. The number of carbonyl (C=O) groups is 1. The van der Waals surface area contributed by atoms with Crippen molar-refractivity contribution in [3.8, 4) is 5.75 Å². The Bertz CT molecular complexity index is 312. The summed E-state index contributed by atoms with van der Waals surface area (Å²) < 4.78 is 17.6. The molecule has 0 spiro atoms. The van der Waals surface area contributed by atoms with Gasteiger partial charge < -0.3 is 10.5 Å². The van der Waals surface area contributed by atoms with Gasteiger partial charge >= 0.3 is 0 Å². The number of benzene rings is 1. The third-order valence-corrected chi connectivity index (χ3v) is 1.44. The zero-order chi connectivity index (χ0) is 9.14. The van der Waals surface area contributed by atoms with E-state index in [0.717, 1.165) is 6.07 Å². The molecule has 1 rings (SSSR count). The molecule has 1 aromatic carbocycles. The third-order valence-electron chi connectivity index (χ3n) is 1.44. The van der Waals surface area contributed by atoms with E-state index < -0.39 is 11.7 Å². The Kier molecular flexibility index (Phi) is 2.28. The van der Waals surface area contributed by atoms with E-state index in [1.165, 1.54) is 19.2 Å². The highest BCUT2D eigenvalue weighted by Crippen LogP contribution is 2.15. The molecule has 0 aliphatic heterocycles. The molecule has 0 radical (unpaired) electrons. The number of methoxy groups -OCH3 is 1. The highest BCUT2D eigenvalue weighted by atomic mass is 19.1. The van der Waals surface area contributed by atoms with Gasteiger partial charge in [0.2, 0.25) is 0 Å². The lowest BCUT2D eigenvalue weighted by atomic mass is 10.2. The van der Waals surface area contributed by atoms with Crippen molar-refractivity contribution in [2.24, 2.45) is 5.73 Å². The molecular formula is C8H8FNO2. The molecule has 0 aromatic heterocycles. The summed E-state index contributed by atoms with van der Waals surface area (Å²) in [6.07, 6.45) is 0. The van der Waals surface area contributed by atoms with Gasteiger partial charge in [-0.3, -0.25) is 4.79 Å². The lowest BCUT2D eigenvalue weighted by Gasteiger charge is -2.01. The Hall–Kier alpha value is -1.58. The fraction of sp³-hybridized carbons (Fsp3) is 0.125. The van der Waals surface area contributed by atoms with Crippen molar-refractivity contribution in [1.29, 1.82) is 0 Å². The summed E-state index contributed by atoms with van der Waals surface area (Å²) in [5.41, 5.74) is 4.75. The number of hydrogen-bond acceptors (Lipinski definition) is 2. The van der Waals surface area contributed by atoms with Crippen LogP contribution >= 0.6 is 0 Å². The largest absolute Gasteiger partial charge is 0.497 e. The van der Waals surface area contributed by atoms with Gasteiger partial charge in [0.25, 0.3) is 5.91 Å². The zero-order valence-electron chi connectivity index (χ0n) is 6.50.